The molecule has 0 fully saturated rings. The predicted molar refractivity (Wildman–Crippen MR) is 90.1 cm³/mol. The van der Waals surface area contributed by atoms with Gasteiger partial charge in [-0.15, -0.1) is 0 Å². The summed E-state index contributed by atoms with van der Waals surface area (Å²) in [5.41, 5.74) is 1.02. The van der Waals surface area contributed by atoms with Crippen molar-refractivity contribution >= 4 is 28.4 Å². The van der Waals surface area contributed by atoms with Gasteiger partial charge in [-0.25, -0.2) is 4.79 Å². The first-order valence-corrected chi connectivity index (χ1v) is 7.33. The fourth-order valence-corrected chi connectivity index (χ4v) is 2.15. The summed E-state index contributed by atoms with van der Waals surface area (Å²) in [6.07, 6.45) is 1.28. The molecule has 2 rings (SSSR count). The molecule has 0 heterocycles. The Morgan fingerprint density at radius 3 is 2.46 bits per heavy atom. The molecule has 2 aromatic carbocycles. The number of hydrogen-bond acceptors (Lipinski definition) is 5. The second kappa shape index (κ2) is 8.17. The highest BCUT2D eigenvalue weighted by Crippen LogP contribution is 2.31. The highest BCUT2D eigenvalue weighted by atomic mass is 35.5. The van der Waals surface area contributed by atoms with Crippen LogP contribution < -0.4 is 4.74 Å². The molecule has 0 unspecified atom stereocenters. The SMILES string of the molecule is COC=C(C(=O)OC)c1ccccc1Oc1cccc(C(=O)Cl)c1. The molecule has 2 aromatic rings. The van der Waals surface area contributed by atoms with Gasteiger partial charge < -0.3 is 14.2 Å². The molecule has 0 saturated heterocycles. The lowest BCUT2D eigenvalue weighted by molar-refractivity contribution is -0.133. The quantitative estimate of drug-likeness (QED) is 0.342. The van der Waals surface area contributed by atoms with Gasteiger partial charge in [0.2, 0.25) is 0 Å². The third-order valence-corrected chi connectivity index (χ3v) is 3.33. The second-order valence-electron chi connectivity index (χ2n) is 4.66. The first kappa shape index (κ1) is 17.6. The van der Waals surface area contributed by atoms with Crippen molar-refractivity contribution in [3.8, 4) is 11.5 Å². The molecule has 6 heteroatoms. The van der Waals surface area contributed by atoms with E-state index >= 15 is 0 Å². The van der Waals surface area contributed by atoms with Crippen LogP contribution in [0.3, 0.4) is 0 Å². The highest BCUT2D eigenvalue weighted by molar-refractivity contribution is 6.67. The van der Waals surface area contributed by atoms with E-state index in [1.807, 2.05) is 0 Å². The number of methoxy groups -OCH3 is 2. The molecule has 5 nitrogen and oxygen atoms in total. The maximum Gasteiger partial charge on any atom is 0.341 e. The van der Waals surface area contributed by atoms with Crippen molar-refractivity contribution in [1.82, 2.24) is 0 Å². The summed E-state index contributed by atoms with van der Waals surface area (Å²) in [4.78, 5) is 23.2. The molecule has 0 aliphatic carbocycles. The first-order valence-electron chi connectivity index (χ1n) is 6.95. The number of carbonyl (C=O) groups excluding carboxylic acids is 2. The number of esters is 1. The number of carbonyl (C=O) groups is 2. The number of ether oxygens (including phenoxy) is 3. The van der Waals surface area contributed by atoms with Crippen LogP contribution in [-0.2, 0) is 14.3 Å². The summed E-state index contributed by atoms with van der Waals surface area (Å²) in [6.45, 7) is 0. The molecule has 0 radical (unpaired) electrons. The van der Waals surface area contributed by atoms with Crippen LogP contribution >= 0.6 is 11.6 Å². The minimum Gasteiger partial charge on any atom is -0.503 e. The van der Waals surface area contributed by atoms with Gasteiger partial charge in [0.25, 0.3) is 5.24 Å². The van der Waals surface area contributed by atoms with Gasteiger partial charge in [-0.1, -0.05) is 24.3 Å². The fraction of sp³-hybridized carbons (Fsp3) is 0.111. The van der Waals surface area contributed by atoms with Crippen molar-refractivity contribution in [3.63, 3.8) is 0 Å². The van der Waals surface area contributed by atoms with Crippen molar-refractivity contribution < 1.29 is 23.8 Å². The zero-order chi connectivity index (χ0) is 17.5. The van der Waals surface area contributed by atoms with Crippen LogP contribution in [0.5, 0.6) is 11.5 Å². The zero-order valence-corrected chi connectivity index (χ0v) is 13.9. The van der Waals surface area contributed by atoms with Crippen LogP contribution in [0, 0.1) is 0 Å². The van der Waals surface area contributed by atoms with Crippen LogP contribution in [0.4, 0.5) is 0 Å². The van der Waals surface area contributed by atoms with Crippen molar-refractivity contribution in [3.05, 3.63) is 65.9 Å². The van der Waals surface area contributed by atoms with E-state index in [0.717, 1.165) is 0 Å². The van der Waals surface area contributed by atoms with Crippen LogP contribution in [0.2, 0.25) is 0 Å². The van der Waals surface area contributed by atoms with Crippen molar-refractivity contribution in [1.29, 1.82) is 0 Å². The molecule has 0 aromatic heterocycles. The van der Waals surface area contributed by atoms with E-state index in [4.69, 9.17) is 25.8 Å². The monoisotopic (exact) mass is 346 g/mol. The molecule has 0 aliphatic rings. The highest BCUT2D eigenvalue weighted by Gasteiger charge is 2.18. The molecule has 0 N–H and O–H groups in total. The van der Waals surface area contributed by atoms with Gasteiger partial charge in [0, 0.05) is 11.1 Å². The molecule has 0 bridgehead atoms. The Kier molecular flexibility index (Phi) is 5.98. The van der Waals surface area contributed by atoms with Gasteiger partial charge in [0.05, 0.1) is 20.5 Å². The minimum atomic E-state index is -0.580. The number of benzene rings is 2. The summed E-state index contributed by atoms with van der Waals surface area (Å²) in [7, 11) is 2.72. The smallest absolute Gasteiger partial charge is 0.341 e. The first-order chi connectivity index (χ1) is 11.6. The van der Waals surface area contributed by atoms with E-state index < -0.39 is 11.2 Å². The van der Waals surface area contributed by atoms with Gasteiger partial charge in [-0.05, 0) is 35.9 Å². The lowest BCUT2D eigenvalue weighted by atomic mass is 10.1. The summed E-state index contributed by atoms with van der Waals surface area (Å²) in [5, 5.41) is -0.580. The molecular formula is C18H15ClO5. The van der Waals surface area contributed by atoms with E-state index in [1.54, 1.807) is 42.5 Å². The van der Waals surface area contributed by atoms with Crippen molar-refractivity contribution in [2.24, 2.45) is 0 Å². The fourth-order valence-electron chi connectivity index (χ4n) is 2.04. The Labute approximate surface area is 144 Å². The Morgan fingerprint density at radius 2 is 1.79 bits per heavy atom. The van der Waals surface area contributed by atoms with E-state index in [9.17, 15) is 9.59 Å². The number of hydrogen-bond donors (Lipinski definition) is 0. The third kappa shape index (κ3) is 4.14. The van der Waals surface area contributed by atoms with Crippen LogP contribution in [0.15, 0.2) is 54.8 Å². The molecule has 0 saturated carbocycles. The van der Waals surface area contributed by atoms with E-state index in [-0.39, 0.29) is 5.57 Å². The Morgan fingerprint density at radius 1 is 1.04 bits per heavy atom. The van der Waals surface area contributed by atoms with E-state index in [1.165, 1.54) is 26.5 Å². The summed E-state index contributed by atoms with van der Waals surface area (Å²) in [6, 6.07) is 13.3. The summed E-state index contributed by atoms with van der Waals surface area (Å²) in [5.74, 6) is 0.263. The summed E-state index contributed by atoms with van der Waals surface area (Å²) >= 11 is 5.48. The molecule has 0 spiro atoms. The maximum atomic E-state index is 12.0. The molecule has 0 amide bonds. The van der Waals surface area contributed by atoms with Crippen LogP contribution in [0.1, 0.15) is 15.9 Å². The Hall–Kier alpha value is -2.79. The van der Waals surface area contributed by atoms with Crippen LogP contribution in [0.25, 0.3) is 5.57 Å². The van der Waals surface area contributed by atoms with Gasteiger partial charge in [-0.2, -0.15) is 0 Å². The third-order valence-electron chi connectivity index (χ3n) is 3.11. The average Bonchev–Trinajstić information content (AvgIpc) is 2.60. The normalized spacial score (nSPS) is 10.9. The number of para-hydroxylation sites is 1. The second-order valence-corrected chi connectivity index (χ2v) is 5.00. The van der Waals surface area contributed by atoms with Gasteiger partial charge in [-0.3, -0.25) is 4.79 Å². The zero-order valence-electron chi connectivity index (χ0n) is 13.1. The Balaban J connectivity index is 2.42. The largest absolute Gasteiger partial charge is 0.503 e. The van der Waals surface area contributed by atoms with E-state index in [2.05, 4.69) is 0 Å². The average molecular weight is 347 g/mol. The standard InChI is InChI=1S/C18H15ClO5/c1-22-11-15(18(21)23-2)14-8-3-4-9-16(14)24-13-7-5-6-12(10-13)17(19)20/h3-11H,1-2H3. The van der Waals surface area contributed by atoms with Crippen molar-refractivity contribution in [2.75, 3.05) is 14.2 Å². The van der Waals surface area contributed by atoms with Gasteiger partial charge >= 0.3 is 5.97 Å². The van der Waals surface area contributed by atoms with Gasteiger partial charge in [0.15, 0.2) is 0 Å². The lowest BCUT2D eigenvalue weighted by Gasteiger charge is -2.13. The van der Waals surface area contributed by atoms with E-state index in [0.29, 0.717) is 22.6 Å². The Bertz CT molecular complexity index is 782. The predicted octanol–water partition coefficient (Wildman–Crippen LogP) is 4.02. The molecule has 24 heavy (non-hydrogen) atoms. The minimum absolute atomic E-state index is 0.208. The topological polar surface area (TPSA) is 61.8 Å². The molecule has 124 valence electrons. The van der Waals surface area contributed by atoms with Gasteiger partial charge in [0.1, 0.15) is 17.1 Å². The summed E-state index contributed by atoms with van der Waals surface area (Å²) < 4.78 is 15.5. The number of rotatable bonds is 6. The molecule has 0 atom stereocenters. The van der Waals surface area contributed by atoms with Crippen LogP contribution in [-0.4, -0.2) is 25.4 Å². The number of halogens is 1. The lowest BCUT2D eigenvalue weighted by Crippen LogP contribution is -2.05. The molecule has 0 aliphatic heterocycles. The van der Waals surface area contributed by atoms with Crippen molar-refractivity contribution in [2.45, 2.75) is 0 Å². The molecular weight excluding hydrogens is 332 g/mol. The maximum absolute atomic E-state index is 12.0.